The summed E-state index contributed by atoms with van der Waals surface area (Å²) in [6, 6.07) is 9.64. The number of hydrogen-bond acceptors (Lipinski definition) is 3. The molecule has 0 amide bonds. The molecule has 0 radical (unpaired) electrons. The van der Waals surface area contributed by atoms with E-state index in [0.29, 0.717) is 5.15 Å². The fraction of sp³-hybridized carbons (Fsp3) is 0.348. The van der Waals surface area contributed by atoms with Crippen LogP contribution in [0.4, 0.5) is 8.78 Å². The Morgan fingerprint density at radius 2 is 1.79 bits per heavy atom. The van der Waals surface area contributed by atoms with Crippen molar-refractivity contribution in [3.63, 3.8) is 0 Å². The molecule has 2 heterocycles. The van der Waals surface area contributed by atoms with Crippen molar-refractivity contribution >= 4 is 11.6 Å². The smallest absolute Gasteiger partial charge is 0.135 e. The van der Waals surface area contributed by atoms with Gasteiger partial charge in [0.2, 0.25) is 0 Å². The van der Waals surface area contributed by atoms with Crippen LogP contribution in [0.25, 0.3) is 11.3 Å². The molecular formula is C23H20ClF2N3. The highest BCUT2D eigenvalue weighted by molar-refractivity contribution is 6.30. The molecule has 0 unspecified atom stereocenters. The van der Waals surface area contributed by atoms with E-state index in [4.69, 9.17) is 16.6 Å². The zero-order valence-electron chi connectivity index (χ0n) is 16.4. The van der Waals surface area contributed by atoms with Crippen molar-refractivity contribution in [3.8, 4) is 11.3 Å². The first-order valence-electron chi connectivity index (χ1n) is 9.73. The maximum absolute atomic E-state index is 14.3. The molecule has 2 atom stereocenters. The summed E-state index contributed by atoms with van der Waals surface area (Å²) in [4.78, 5) is 4.71. The SMILES string of the molecule is Cc1ccc([C@@]23CC[C@@H](c4cc(-c5c(F)cccc5F)nnc42)C3(C)C)nc1Cl. The molecule has 1 saturated carbocycles. The number of benzene rings is 1. The van der Waals surface area contributed by atoms with Crippen molar-refractivity contribution in [1.82, 2.24) is 15.2 Å². The summed E-state index contributed by atoms with van der Waals surface area (Å²) in [5.74, 6) is -1.06. The van der Waals surface area contributed by atoms with E-state index in [9.17, 15) is 8.78 Å². The molecule has 29 heavy (non-hydrogen) atoms. The molecule has 2 aliphatic rings. The van der Waals surface area contributed by atoms with E-state index in [-0.39, 0.29) is 22.6 Å². The number of hydrogen-bond donors (Lipinski definition) is 0. The molecule has 2 aromatic heterocycles. The monoisotopic (exact) mass is 411 g/mol. The molecular weight excluding hydrogens is 392 g/mol. The van der Waals surface area contributed by atoms with Crippen molar-refractivity contribution in [3.05, 3.63) is 75.7 Å². The predicted molar refractivity (Wildman–Crippen MR) is 108 cm³/mol. The van der Waals surface area contributed by atoms with E-state index in [1.165, 1.54) is 18.2 Å². The van der Waals surface area contributed by atoms with E-state index in [1.807, 2.05) is 25.1 Å². The van der Waals surface area contributed by atoms with Gasteiger partial charge in [-0.25, -0.2) is 13.8 Å². The molecule has 0 aliphatic heterocycles. The quantitative estimate of drug-likeness (QED) is 0.487. The van der Waals surface area contributed by atoms with E-state index in [0.717, 1.165) is 35.4 Å². The molecule has 2 aliphatic carbocycles. The number of aryl methyl sites for hydroxylation is 1. The molecule has 6 heteroatoms. The lowest BCUT2D eigenvalue weighted by molar-refractivity contribution is 0.243. The van der Waals surface area contributed by atoms with Crippen molar-refractivity contribution < 1.29 is 8.78 Å². The number of fused-ring (bicyclic) bond motifs is 5. The third-order valence-electron chi connectivity index (χ3n) is 7.07. The third-order valence-corrected chi connectivity index (χ3v) is 7.46. The van der Waals surface area contributed by atoms with Crippen molar-refractivity contribution in [2.45, 2.75) is 44.9 Å². The Labute approximate surface area is 173 Å². The summed E-state index contributed by atoms with van der Waals surface area (Å²) >= 11 is 6.35. The summed E-state index contributed by atoms with van der Waals surface area (Å²) < 4.78 is 28.6. The highest BCUT2D eigenvalue weighted by Crippen LogP contribution is 2.69. The van der Waals surface area contributed by atoms with Crippen molar-refractivity contribution in [2.24, 2.45) is 5.41 Å². The van der Waals surface area contributed by atoms with Gasteiger partial charge in [0.25, 0.3) is 0 Å². The van der Waals surface area contributed by atoms with Crippen LogP contribution < -0.4 is 0 Å². The molecule has 0 saturated heterocycles. The minimum Gasteiger partial charge on any atom is -0.240 e. The Hall–Kier alpha value is -2.40. The van der Waals surface area contributed by atoms with Gasteiger partial charge in [-0.15, -0.1) is 5.10 Å². The topological polar surface area (TPSA) is 38.7 Å². The van der Waals surface area contributed by atoms with Crippen LogP contribution >= 0.6 is 11.6 Å². The molecule has 1 fully saturated rings. The number of nitrogens with zero attached hydrogens (tertiary/aromatic N) is 3. The Balaban J connectivity index is 1.73. The van der Waals surface area contributed by atoms with Crippen molar-refractivity contribution in [1.29, 1.82) is 0 Å². The van der Waals surface area contributed by atoms with Crippen LogP contribution in [0.5, 0.6) is 0 Å². The molecule has 5 rings (SSSR count). The van der Waals surface area contributed by atoms with Gasteiger partial charge >= 0.3 is 0 Å². The van der Waals surface area contributed by atoms with Crippen LogP contribution in [0.2, 0.25) is 5.15 Å². The molecule has 0 N–H and O–H groups in total. The molecule has 2 bridgehead atoms. The highest BCUT2D eigenvalue weighted by atomic mass is 35.5. The van der Waals surface area contributed by atoms with Crippen LogP contribution in [0.15, 0.2) is 36.4 Å². The molecule has 0 spiro atoms. The lowest BCUT2D eigenvalue weighted by Gasteiger charge is -2.37. The molecule has 1 aromatic carbocycles. The Morgan fingerprint density at radius 3 is 2.48 bits per heavy atom. The Kier molecular flexibility index (Phi) is 3.88. The van der Waals surface area contributed by atoms with Crippen LogP contribution in [0, 0.1) is 24.0 Å². The molecule has 3 aromatic rings. The second kappa shape index (κ2) is 6.05. The number of halogens is 3. The van der Waals surface area contributed by atoms with Gasteiger partial charge in [-0.1, -0.05) is 37.6 Å². The molecule has 3 nitrogen and oxygen atoms in total. The first kappa shape index (κ1) is 18.6. The minimum atomic E-state index is -0.636. The maximum Gasteiger partial charge on any atom is 0.135 e. The normalized spacial score (nSPS) is 24.0. The van der Waals surface area contributed by atoms with Crippen LogP contribution in [-0.2, 0) is 5.41 Å². The third kappa shape index (κ3) is 2.31. The maximum atomic E-state index is 14.3. The van der Waals surface area contributed by atoms with Gasteiger partial charge in [0, 0.05) is 0 Å². The largest absolute Gasteiger partial charge is 0.240 e. The summed E-state index contributed by atoms with van der Waals surface area (Å²) in [5, 5.41) is 9.27. The van der Waals surface area contributed by atoms with E-state index in [2.05, 4.69) is 24.0 Å². The van der Waals surface area contributed by atoms with Gasteiger partial charge < -0.3 is 0 Å². The van der Waals surface area contributed by atoms with Crippen LogP contribution in [0.3, 0.4) is 0 Å². The van der Waals surface area contributed by atoms with Crippen molar-refractivity contribution in [2.75, 3.05) is 0 Å². The zero-order chi connectivity index (χ0) is 20.6. The first-order chi connectivity index (χ1) is 13.8. The van der Waals surface area contributed by atoms with Gasteiger partial charge in [0.15, 0.2) is 0 Å². The fourth-order valence-electron chi connectivity index (χ4n) is 5.50. The predicted octanol–water partition coefficient (Wildman–Crippen LogP) is 5.98. The first-order valence-corrected chi connectivity index (χ1v) is 10.1. The lowest BCUT2D eigenvalue weighted by atomic mass is 9.66. The van der Waals surface area contributed by atoms with Crippen LogP contribution in [0.1, 0.15) is 55.1 Å². The van der Waals surface area contributed by atoms with E-state index >= 15 is 0 Å². The second-order valence-corrected chi connectivity index (χ2v) is 9.01. The average molecular weight is 412 g/mol. The minimum absolute atomic E-state index is 0.131. The van der Waals surface area contributed by atoms with Crippen LogP contribution in [-0.4, -0.2) is 15.2 Å². The van der Waals surface area contributed by atoms with Gasteiger partial charge in [-0.05, 0) is 66.5 Å². The summed E-state index contributed by atoms with van der Waals surface area (Å²) in [6.07, 6.45) is 1.85. The second-order valence-electron chi connectivity index (χ2n) is 8.65. The standard InChI is InChI=1S/C23H20ClF2N3/c1-12-7-8-18(27-21(12)24)23-10-9-14(22(23,2)3)13-11-17(28-29-20(13)23)19-15(25)5-4-6-16(19)26/h4-8,11,14H,9-10H2,1-3H3/t14-,23-/m0/s1. The lowest BCUT2D eigenvalue weighted by Crippen LogP contribution is -2.37. The molecule has 148 valence electrons. The average Bonchev–Trinajstić information content (AvgIpc) is 3.05. The highest BCUT2D eigenvalue weighted by Gasteiger charge is 2.65. The van der Waals surface area contributed by atoms with Gasteiger partial charge in [0.05, 0.1) is 28.1 Å². The Bertz CT molecular complexity index is 1140. The summed E-state index contributed by atoms with van der Waals surface area (Å²) in [7, 11) is 0. The number of rotatable bonds is 2. The zero-order valence-corrected chi connectivity index (χ0v) is 17.2. The van der Waals surface area contributed by atoms with E-state index in [1.54, 1.807) is 0 Å². The summed E-state index contributed by atoms with van der Waals surface area (Å²) in [6.45, 7) is 6.35. The number of aromatic nitrogens is 3. The number of pyridine rings is 1. The van der Waals surface area contributed by atoms with Gasteiger partial charge in [0.1, 0.15) is 16.8 Å². The van der Waals surface area contributed by atoms with E-state index < -0.39 is 17.0 Å². The summed E-state index contributed by atoms with van der Waals surface area (Å²) in [5.41, 5.74) is 3.19. The van der Waals surface area contributed by atoms with Gasteiger partial charge in [-0.3, -0.25) is 0 Å². The fourth-order valence-corrected chi connectivity index (χ4v) is 5.65. The van der Waals surface area contributed by atoms with Gasteiger partial charge in [-0.2, -0.15) is 5.10 Å². The Morgan fingerprint density at radius 1 is 1.07 bits per heavy atom.